The third kappa shape index (κ3) is 2.99. The maximum atomic E-state index is 10.3. The van der Waals surface area contributed by atoms with Crippen LogP contribution in [0.4, 0.5) is 0 Å². The highest BCUT2D eigenvalue weighted by Crippen LogP contribution is 2.18. The Labute approximate surface area is 80.7 Å². The minimum Gasteiger partial charge on any atom is -0.337 e. The number of hydrogen-bond acceptors (Lipinski definition) is 2. The highest BCUT2D eigenvalue weighted by Gasteiger charge is 2.24. The smallest absolute Gasteiger partial charge is 0.311 e. The van der Waals surface area contributed by atoms with Gasteiger partial charge in [-0.05, 0) is 32.7 Å². The van der Waals surface area contributed by atoms with E-state index in [-0.39, 0.29) is 0 Å². The van der Waals surface area contributed by atoms with Gasteiger partial charge in [-0.15, -0.1) is 0 Å². The number of hydrogen-bond donors (Lipinski definition) is 0. The maximum absolute atomic E-state index is 10.3. The van der Waals surface area contributed by atoms with Gasteiger partial charge in [0.25, 0.3) is 0 Å². The molecule has 1 heterocycles. The molecule has 1 unspecified atom stereocenters. The number of carbonyl (C=O) groups excluding carboxylic acids is 1. The summed E-state index contributed by atoms with van der Waals surface area (Å²) in [6.07, 6.45) is 3.11. The van der Waals surface area contributed by atoms with Crippen LogP contribution in [-0.2, 0) is 4.79 Å². The summed E-state index contributed by atoms with van der Waals surface area (Å²) in [6.45, 7) is 7.60. The molecule has 3 heteroatoms. The molecule has 1 fully saturated rings. The van der Waals surface area contributed by atoms with E-state index in [1.54, 1.807) is 11.9 Å². The largest absolute Gasteiger partial charge is 0.337 e. The predicted octanol–water partition coefficient (Wildman–Crippen LogP) is 0.716. The highest BCUT2D eigenvalue weighted by molar-refractivity contribution is 5.47. The highest BCUT2D eigenvalue weighted by atomic mass is 16.1. The average Bonchev–Trinajstić information content (AvgIpc) is 2.52. The number of rotatable bonds is 4. The minimum absolute atomic E-state index is 0.635. The zero-order valence-corrected chi connectivity index (χ0v) is 8.79. The standard InChI is InChI=1S/C10H19N2O/c1-9(2)12-5-4-10(7-12)6-11(3)8-13/h9-10H,4-7H2,1-3H3. The van der Waals surface area contributed by atoms with Gasteiger partial charge in [0.1, 0.15) is 0 Å². The molecular formula is C10H19N2O. The lowest BCUT2D eigenvalue weighted by Crippen LogP contribution is -2.31. The SMILES string of the molecule is CC(C)N1CCC(CN(C)[C]=O)C1. The van der Waals surface area contributed by atoms with E-state index in [1.165, 1.54) is 13.0 Å². The van der Waals surface area contributed by atoms with Crippen molar-refractivity contribution in [3.05, 3.63) is 0 Å². The first-order valence-corrected chi connectivity index (χ1v) is 4.96. The van der Waals surface area contributed by atoms with E-state index in [2.05, 4.69) is 18.7 Å². The molecule has 75 valence electrons. The van der Waals surface area contributed by atoms with Crippen molar-refractivity contribution in [1.29, 1.82) is 0 Å². The summed E-state index contributed by atoms with van der Waals surface area (Å²) in [7, 11) is 1.80. The van der Waals surface area contributed by atoms with Gasteiger partial charge in [-0.2, -0.15) is 0 Å². The van der Waals surface area contributed by atoms with Crippen LogP contribution in [0.2, 0.25) is 0 Å². The Kier molecular flexibility index (Phi) is 3.72. The lowest BCUT2D eigenvalue weighted by Gasteiger charge is -2.21. The lowest BCUT2D eigenvalue weighted by atomic mass is 10.1. The molecular weight excluding hydrogens is 164 g/mol. The summed E-state index contributed by atoms with van der Waals surface area (Å²) >= 11 is 0. The quantitative estimate of drug-likeness (QED) is 0.599. The molecule has 3 nitrogen and oxygen atoms in total. The van der Waals surface area contributed by atoms with E-state index < -0.39 is 0 Å². The summed E-state index contributed by atoms with van der Waals surface area (Å²) in [5, 5.41) is 0. The summed E-state index contributed by atoms with van der Waals surface area (Å²) in [5.41, 5.74) is 0. The molecule has 13 heavy (non-hydrogen) atoms. The van der Waals surface area contributed by atoms with Gasteiger partial charge in [0, 0.05) is 26.2 Å². The first-order valence-electron chi connectivity index (χ1n) is 4.96. The molecule has 1 radical (unpaired) electrons. The van der Waals surface area contributed by atoms with Crippen LogP contribution in [0.5, 0.6) is 0 Å². The third-order valence-corrected chi connectivity index (χ3v) is 2.74. The molecule has 0 N–H and O–H groups in total. The van der Waals surface area contributed by atoms with Gasteiger partial charge < -0.3 is 9.80 Å². The molecule has 0 spiro atoms. The summed E-state index contributed by atoms with van der Waals surface area (Å²) in [4.78, 5) is 14.4. The van der Waals surface area contributed by atoms with Gasteiger partial charge in [-0.3, -0.25) is 4.79 Å². The van der Waals surface area contributed by atoms with Crippen LogP contribution >= 0.6 is 0 Å². The second-order valence-electron chi connectivity index (χ2n) is 4.22. The Hall–Kier alpha value is -0.570. The molecule has 0 aromatic carbocycles. The van der Waals surface area contributed by atoms with Crippen molar-refractivity contribution in [1.82, 2.24) is 9.80 Å². The molecule has 0 saturated carbocycles. The Morgan fingerprint density at radius 1 is 1.62 bits per heavy atom. The second kappa shape index (κ2) is 4.61. The molecule has 1 atom stereocenters. The van der Waals surface area contributed by atoms with E-state index in [1.807, 2.05) is 6.41 Å². The fraction of sp³-hybridized carbons (Fsp3) is 0.900. The van der Waals surface area contributed by atoms with E-state index in [9.17, 15) is 4.79 Å². The third-order valence-electron chi connectivity index (χ3n) is 2.74. The fourth-order valence-corrected chi connectivity index (χ4v) is 1.91. The molecule has 1 aliphatic heterocycles. The molecule has 1 aliphatic rings. The Balaban J connectivity index is 2.28. The molecule has 0 aromatic heterocycles. The Morgan fingerprint density at radius 3 is 2.77 bits per heavy atom. The van der Waals surface area contributed by atoms with Crippen molar-refractivity contribution >= 4 is 6.41 Å². The lowest BCUT2D eigenvalue weighted by molar-refractivity contribution is 0.257. The van der Waals surface area contributed by atoms with Crippen molar-refractivity contribution in [2.24, 2.45) is 5.92 Å². The van der Waals surface area contributed by atoms with E-state index >= 15 is 0 Å². The van der Waals surface area contributed by atoms with Crippen LogP contribution in [0.3, 0.4) is 0 Å². The topological polar surface area (TPSA) is 23.6 Å². The van der Waals surface area contributed by atoms with Crippen molar-refractivity contribution in [2.75, 3.05) is 26.7 Å². The van der Waals surface area contributed by atoms with Crippen molar-refractivity contribution in [3.63, 3.8) is 0 Å². The summed E-state index contributed by atoms with van der Waals surface area (Å²) in [6, 6.07) is 0.635. The normalized spacial score (nSPS) is 23.8. The van der Waals surface area contributed by atoms with Gasteiger partial charge in [-0.25, -0.2) is 0 Å². The zero-order chi connectivity index (χ0) is 9.84. The van der Waals surface area contributed by atoms with Crippen LogP contribution in [-0.4, -0.2) is 48.9 Å². The maximum Gasteiger partial charge on any atom is 0.311 e. The van der Waals surface area contributed by atoms with Gasteiger partial charge in [0.05, 0.1) is 0 Å². The van der Waals surface area contributed by atoms with Gasteiger partial charge in [0.15, 0.2) is 0 Å². The first kappa shape index (κ1) is 10.5. The zero-order valence-electron chi connectivity index (χ0n) is 8.79. The van der Waals surface area contributed by atoms with Gasteiger partial charge >= 0.3 is 6.41 Å². The Morgan fingerprint density at radius 2 is 2.31 bits per heavy atom. The van der Waals surface area contributed by atoms with Crippen molar-refractivity contribution in [2.45, 2.75) is 26.3 Å². The van der Waals surface area contributed by atoms with Crippen molar-refractivity contribution < 1.29 is 4.79 Å². The number of amides is 1. The minimum atomic E-state index is 0.635. The van der Waals surface area contributed by atoms with E-state index in [0.717, 1.165) is 13.1 Å². The average molecular weight is 183 g/mol. The second-order valence-corrected chi connectivity index (χ2v) is 4.22. The Bertz CT molecular complexity index is 170. The van der Waals surface area contributed by atoms with Crippen LogP contribution in [0.15, 0.2) is 0 Å². The van der Waals surface area contributed by atoms with Crippen LogP contribution in [0.1, 0.15) is 20.3 Å². The van der Waals surface area contributed by atoms with Crippen LogP contribution in [0, 0.1) is 5.92 Å². The molecule has 1 rings (SSSR count). The monoisotopic (exact) mass is 183 g/mol. The first-order chi connectivity index (χ1) is 6.13. The van der Waals surface area contributed by atoms with E-state index in [4.69, 9.17) is 0 Å². The molecule has 1 saturated heterocycles. The van der Waals surface area contributed by atoms with Crippen molar-refractivity contribution in [3.8, 4) is 0 Å². The van der Waals surface area contributed by atoms with E-state index in [0.29, 0.717) is 12.0 Å². The summed E-state index contributed by atoms with van der Waals surface area (Å²) in [5.74, 6) is 0.647. The predicted molar refractivity (Wildman–Crippen MR) is 53.1 cm³/mol. The van der Waals surface area contributed by atoms with Crippen LogP contribution in [0.25, 0.3) is 0 Å². The fourth-order valence-electron chi connectivity index (χ4n) is 1.91. The molecule has 0 aromatic rings. The van der Waals surface area contributed by atoms with Crippen LogP contribution < -0.4 is 0 Å². The number of nitrogens with zero attached hydrogens (tertiary/aromatic N) is 2. The van der Waals surface area contributed by atoms with Gasteiger partial charge in [0.2, 0.25) is 0 Å². The number of likely N-dealkylation sites (tertiary alicyclic amines) is 1. The van der Waals surface area contributed by atoms with Gasteiger partial charge in [-0.1, -0.05) is 0 Å². The summed E-state index contributed by atoms with van der Waals surface area (Å²) < 4.78 is 0. The molecule has 0 bridgehead atoms. The molecule has 1 amide bonds. The molecule has 0 aliphatic carbocycles.